The van der Waals surface area contributed by atoms with E-state index in [1.807, 2.05) is 0 Å². The van der Waals surface area contributed by atoms with Gasteiger partial charge in [-0.25, -0.2) is 0 Å². The van der Waals surface area contributed by atoms with Crippen molar-refractivity contribution < 1.29 is 0 Å². The van der Waals surface area contributed by atoms with Crippen LogP contribution in [0.4, 0.5) is 0 Å². The van der Waals surface area contributed by atoms with Gasteiger partial charge in [0, 0.05) is 40.3 Å². The molecule has 0 aliphatic carbocycles. The zero-order chi connectivity index (χ0) is 21.0. The van der Waals surface area contributed by atoms with E-state index in [2.05, 4.69) is 33.6 Å². The van der Waals surface area contributed by atoms with Crippen LogP contribution in [0.2, 0.25) is 0 Å². The second kappa shape index (κ2) is 18.9. The predicted octanol–water partition coefficient (Wildman–Crippen LogP) is 4.20. The van der Waals surface area contributed by atoms with Crippen LogP contribution in [0.5, 0.6) is 0 Å². The molecule has 0 aromatic carbocycles. The van der Waals surface area contributed by atoms with Crippen molar-refractivity contribution in [1.82, 2.24) is 9.80 Å². The van der Waals surface area contributed by atoms with E-state index in [0.717, 1.165) is 39.0 Å². The van der Waals surface area contributed by atoms with Gasteiger partial charge >= 0.3 is 0 Å². The lowest BCUT2D eigenvalue weighted by Crippen LogP contribution is -2.39. The van der Waals surface area contributed by atoms with Crippen LogP contribution in [-0.4, -0.2) is 62.0 Å². The lowest BCUT2D eigenvalue weighted by atomic mass is 10.1. The highest BCUT2D eigenvalue weighted by atomic mass is 15.2. The lowest BCUT2D eigenvalue weighted by Gasteiger charge is -2.24. The third kappa shape index (κ3) is 13.7. The van der Waals surface area contributed by atoms with Crippen molar-refractivity contribution >= 4 is 11.9 Å². The van der Waals surface area contributed by atoms with Crippen molar-refractivity contribution in [2.24, 2.45) is 21.5 Å². The van der Waals surface area contributed by atoms with E-state index in [-0.39, 0.29) is 0 Å². The summed E-state index contributed by atoms with van der Waals surface area (Å²) in [5.41, 5.74) is 12.1. The van der Waals surface area contributed by atoms with Gasteiger partial charge in [-0.2, -0.15) is 0 Å². The monoisotopic (exact) mass is 396 g/mol. The topological polar surface area (TPSA) is 83.2 Å². The summed E-state index contributed by atoms with van der Waals surface area (Å²) < 4.78 is 0. The highest BCUT2D eigenvalue weighted by Crippen LogP contribution is 2.08. The van der Waals surface area contributed by atoms with Gasteiger partial charge in [0.1, 0.15) is 0 Å². The molecular formula is C22H48N6. The molecule has 0 heterocycles. The first kappa shape index (κ1) is 26.5. The van der Waals surface area contributed by atoms with Crippen molar-refractivity contribution in [3.63, 3.8) is 0 Å². The molecule has 6 nitrogen and oxygen atoms in total. The Bertz CT molecular complexity index is 370. The van der Waals surface area contributed by atoms with Crippen LogP contribution in [-0.2, 0) is 0 Å². The van der Waals surface area contributed by atoms with Gasteiger partial charge < -0.3 is 21.3 Å². The van der Waals surface area contributed by atoms with Gasteiger partial charge in [0.15, 0.2) is 11.9 Å². The molecule has 0 saturated heterocycles. The number of aliphatic imine (C=N–C) groups is 2. The molecule has 0 aliphatic heterocycles. The number of rotatable bonds is 17. The number of nitrogens with two attached hydrogens (primary N) is 2. The zero-order valence-electron chi connectivity index (χ0n) is 19.3. The normalized spacial score (nSPS) is 12.4. The number of hydrogen-bond acceptors (Lipinski definition) is 2. The lowest BCUT2D eigenvalue weighted by molar-refractivity contribution is 0.365. The van der Waals surface area contributed by atoms with Crippen LogP contribution >= 0.6 is 0 Å². The molecule has 0 bridgehead atoms. The van der Waals surface area contributed by atoms with E-state index in [0.29, 0.717) is 11.9 Å². The van der Waals surface area contributed by atoms with Crippen molar-refractivity contribution in [1.29, 1.82) is 0 Å². The molecule has 0 amide bonds. The molecule has 0 aliphatic rings. The number of hydrogen-bond donors (Lipinski definition) is 2. The molecule has 4 N–H and O–H groups in total. The standard InChI is InChI=1S/C22H48N6/c1-5-7-9-13-17-27(21(23)25-3)19-15-11-12-16-20-28(22(24)26-4)18-14-10-8-6-2/h5-20H2,1-4H3,(H2,23,25)(H2,24,26). The van der Waals surface area contributed by atoms with E-state index >= 15 is 0 Å². The molecular weight excluding hydrogens is 348 g/mol. The second-order valence-electron chi connectivity index (χ2n) is 7.67. The number of nitrogens with zero attached hydrogens (tertiary/aromatic N) is 4. The Morgan fingerprint density at radius 3 is 1.07 bits per heavy atom. The van der Waals surface area contributed by atoms with E-state index in [1.165, 1.54) is 64.2 Å². The van der Waals surface area contributed by atoms with Crippen LogP contribution in [0.3, 0.4) is 0 Å². The van der Waals surface area contributed by atoms with E-state index in [4.69, 9.17) is 11.5 Å². The predicted molar refractivity (Wildman–Crippen MR) is 125 cm³/mol. The minimum Gasteiger partial charge on any atom is -0.370 e. The molecule has 0 spiro atoms. The maximum Gasteiger partial charge on any atom is 0.190 e. The zero-order valence-corrected chi connectivity index (χ0v) is 19.3. The van der Waals surface area contributed by atoms with Gasteiger partial charge in [0.05, 0.1) is 0 Å². The molecule has 0 radical (unpaired) electrons. The smallest absolute Gasteiger partial charge is 0.190 e. The average Bonchev–Trinajstić information content (AvgIpc) is 2.72. The van der Waals surface area contributed by atoms with Crippen LogP contribution < -0.4 is 11.5 Å². The third-order valence-corrected chi connectivity index (χ3v) is 5.28. The van der Waals surface area contributed by atoms with Gasteiger partial charge in [0.2, 0.25) is 0 Å². The van der Waals surface area contributed by atoms with Crippen molar-refractivity contribution in [2.75, 3.05) is 40.3 Å². The summed E-state index contributed by atoms with van der Waals surface area (Å²) >= 11 is 0. The summed E-state index contributed by atoms with van der Waals surface area (Å²) in [6, 6.07) is 0. The fraction of sp³-hybridized carbons (Fsp3) is 0.909. The van der Waals surface area contributed by atoms with Crippen LogP contribution in [0.25, 0.3) is 0 Å². The minimum atomic E-state index is 0.682. The van der Waals surface area contributed by atoms with E-state index in [1.54, 1.807) is 14.1 Å². The largest absolute Gasteiger partial charge is 0.370 e. The molecule has 166 valence electrons. The highest BCUT2D eigenvalue weighted by Gasteiger charge is 2.08. The van der Waals surface area contributed by atoms with Crippen LogP contribution in [0.15, 0.2) is 9.98 Å². The first-order valence-electron chi connectivity index (χ1n) is 11.5. The average molecular weight is 397 g/mol. The van der Waals surface area contributed by atoms with Crippen molar-refractivity contribution in [2.45, 2.75) is 90.9 Å². The molecule has 0 atom stereocenters. The fourth-order valence-corrected chi connectivity index (χ4v) is 3.38. The van der Waals surface area contributed by atoms with Crippen molar-refractivity contribution in [3.8, 4) is 0 Å². The first-order valence-corrected chi connectivity index (χ1v) is 11.5. The third-order valence-electron chi connectivity index (χ3n) is 5.28. The summed E-state index contributed by atoms with van der Waals surface area (Å²) in [6.45, 7) is 8.55. The van der Waals surface area contributed by atoms with Gasteiger partial charge in [-0.1, -0.05) is 65.2 Å². The molecule has 6 heteroatoms. The molecule has 0 aromatic rings. The van der Waals surface area contributed by atoms with Gasteiger partial charge in [-0.15, -0.1) is 0 Å². The van der Waals surface area contributed by atoms with Gasteiger partial charge in [-0.3, -0.25) is 9.98 Å². The Kier molecular flexibility index (Phi) is 17.9. The highest BCUT2D eigenvalue weighted by molar-refractivity contribution is 5.78. The summed E-state index contributed by atoms with van der Waals surface area (Å²) in [4.78, 5) is 12.9. The fourth-order valence-electron chi connectivity index (χ4n) is 3.38. The van der Waals surface area contributed by atoms with Gasteiger partial charge in [-0.05, 0) is 25.7 Å². The summed E-state index contributed by atoms with van der Waals surface area (Å²) in [6.07, 6.45) is 14.9. The molecule has 0 rings (SSSR count). The maximum absolute atomic E-state index is 6.07. The second-order valence-corrected chi connectivity index (χ2v) is 7.67. The number of guanidine groups is 2. The van der Waals surface area contributed by atoms with Crippen LogP contribution in [0, 0.1) is 0 Å². The van der Waals surface area contributed by atoms with E-state index in [9.17, 15) is 0 Å². The Morgan fingerprint density at radius 2 is 0.821 bits per heavy atom. The Balaban J connectivity index is 4.07. The minimum absolute atomic E-state index is 0.682. The molecule has 0 fully saturated rings. The van der Waals surface area contributed by atoms with Crippen LogP contribution in [0.1, 0.15) is 90.9 Å². The number of unbranched alkanes of at least 4 members (excludes halogenated alkanes) is 9. The summed E-state index contributed by atoms with van der Waals surface area (Å²) in [5.74, 6) is 1.36. The first-order chi connectivity index (χ1) is 13.6. The Morgan fingerprint density at radius 1 is 0.536 bits per heavy atom. The molecule has 0 unspecified atom stereocenters. The molecule has 0 saturated carbocycles. The molecule has 0 aromatic heterocycles. The summed E-state index contributed by atoms with van der Waals surface area (Å²) in [7, 11) is 3.56. The van der Waals surface area contributed by atoms with Gasteiger partial charge in [0.25, 0.3) is 0 Å². The Labute approximate surface area is 174 Å². The van der Waals surface area contributed by atoms with Crippen molar-refractivity contribution in [3.05, 3.63) is 0 Å². The Hall–Kier alpha value is -1.46. The van der Waals surface area contributed by atoms with E-state index < -0.39 is 0 Å². The SMILES string of the molecule is CCCCCCN(CCCCCCN(CCCCCC)C(N)=NC)C(N)=NC. The quantitative estimate of drug-likeness (QED) is 0.219. The molecule has 28 heavy (non-hydrogen) atoms. The maximum atomic E-state index is 6.07. The summed E-state index contributed by atoms with van der Waals surface area (Å²) in [5, 5.41) is 0.